The van der Waals surface area contributed by atoms with Crippen LogP contribution in [0.5, 0.6) is 0 Å². The number of nitrogen functional groups attached to an aromatic ring is 1. The van der Waals surface area contributed by atoms with E-state index in [-0.39, 0.29) is 0 Å². The van der Waals surface area contributed by atoms with Crippen LogP contribution < -0.4 is 10.6 Å². The summed E-state index contributed by atoms with van der Waals surface area (Å²) in [5.41, 5.74) is 7.82. The summed E-state index contributed by atoms with van der Waals surface area (Å²) in [6, 6.07) is 2.66. The summed E-state index contributed by atoms with van der Waals surface area (Å²) in [4.78, 5) is 6.85. The molecular weight excluding hydrogens is 186 g/mol. The molecule has 1 aliphatic heterocycles. The number of nitrogens with zero attached hydrogens (tertiary/aromatic N) is 2. The van der Waals surface area contributed by atoms with Crippen molar-refractivity contribution in [3.05, 3.63) is 17.8 Å². The van der Waals surface area contributed by atoms with Gasteiger partial charge in [-0.1, -0.05) is 6.92 Å². The van der Waals surface area contributed by atoms with Crippen molar-refractivity contribution in [2.24, 2.45) is 0 Å². The Morgan fingerprint density at radius 2 is 2.40 bits per heavy atom. The minimum atomic E-state index is 0.652. The van der Waals surface area contributed by atoms with Crippen molar-refractivity contribution in [1.82, 2.24) is 4.98 Å². The van der Waals surface area contributed by atoms with Crippen molar-refractivity contribution >= 4 is 11.5 Å². The highest BCUT2D eigenvalue weighted by atomic mass is 15.2. The van der Waals surface area contributed by atoms with Crippen LogP contribution in [0.15, 0.2) is 12.3 Å². The molecule has 0 saturated carbocycles. The monoisotopic (exact) mass is 205 g/mol. The molecule has 3 heteroatoms. The van der Waals surface area contributed by atoms with Gasteiger partial charge in [0.05, 0.1) is 0 Å². The predicted octanol–water partition coefficient (Wildman–Crippen LogP) is 2.35. The lowest BCUT2D eigenvalue weighted by Gasteiger charge is -2.25. The van der Waals surface area contributed by atoms with Crippen molar-refractivity contribution in [1.29, 1.82) is 0 Å². The second-order valence-electron chi connectivity index (χ2n) is 4.30. The fourth-order valence-electron chi connectivity index (χ4n) is 2.25. The summed E-state index contributed by atoms with van der Waals surface area (Å²) in [5.74, 6) is 1.04. The highest BCUT2D eigenvalue weighted by Gasteiger charge is 2.23. The van der Waals surface area contributed by atoms with E-state index in [0.29, 0.717) is 6.04 Å². The molecule has 1 atom stereocenters. The molecule has 1 aromatic rings. The van der Waals surface area contributed by atoms with Gasteiger partial charge in [0.1, 0.15) is 5.82 Å². The SMILES string of the molecule is CCC1CCCN1c1cc(N)c(C)cn1. The largest absolute Gasteiger partial charge is 0.398 e. The number of nitrogens with two attached hydrogens (primary N) is 1. The molecule has 2 N–H and O–H groups in total. The lowest BCUT2D eigenvalue weighted by Crippen LogP contribution is -2.29. The summed E-state index contributed by atoms with van der Waals surface area (Å²) in [6.45, 7) is 5.35. The molecule has 1 unspecified atom stereocenters. The molecule has 1 fully saturated rings. The Balaban J connectivity index is 2.25. The summed E-state index contributed by atoms with van der Waals surface area (Å²) >= 11 is 0. The van der Waals surface area contributed by atoms with Crippen molar-refractivity contribution in [2.45, 2.75) is 39.2 Å². The Morgan fingerprint density at radius 3 is 3.07 bits per heavy atom. The molecule has 0 spiro atoms. The zero-order chi connectivity index (χ0) is 10.8. The van der Waals surface area contributed by atoms with Crippen LogP contribution in [-0.4, -0.2) is 17.6 Å². The third-order valence-corrected chi connectivity index (χ3v) is 3.27. The van der Waals surface area contributed by atoms with Crippen molar-refractivity contribution in [3.8, 4) is 0 Å². The topological polar surface area (TPSA) is 42.1 Å². The first kappa shape index (κ1) is 10.3. The number of rotatable bonds is 2. The van der Waals surface area contributed by atoms with Crippen molar-refractivity contribution < 1.29 is 0 Å². The maximum absolute atomic E-state index is 5.91. The second-order valence-corrected chi connectivity index (χ2v) is 4.30. The molecule has 2 rings (SSSR count). The maximum atomic E-state index is 5.91. The fourth-order valence-corrected chi connectivity index (χ4v) is 2.25. The van der Waals surface area contributed by atoms with E-state index in [4.69, 9.17) is 5.73 Å². The standard InChI is InChI=1S/C12H19N3/c1-3-10-5-4-6-15(10)12-7-11(13)9(2)8-14-12/h7-8,10H,3-6H2,1-2H3,(H2,13,14). The zero-order valence-electron chi connectivity index (χ0n) is 9.53. The van der Waals surface area contributed by atoms with Gasteiger partial charge in [-0.3, -0.25) is 0 Å². The van der Waals surface area contributed by atoms with E-state index in [1.165, 1.54) is 19.3 Å². The normalized spacial score (nSPS) is 20.9. The van der Waals surface area contributed by atoms with E-state index in [9.17, 15) is 0 Å². The Labute approximate surface area is 91.3 Å². The van der Waals surface area contributed by atoms with E-state index < -0.39 is 0 Å². The van der Waals surface area contributed by atoms with Crippen LogP contribution in [0.1, 0.15) is 31.7 Å². The van der Waals surface area contributed by atoms with Gasteiger partial charge in [-0.25, -0.2) is 4.98 Å². The summed E-state index contributed by atoms with van der Waals surface area (Å²) < 4.78 is 0. The molecule has 82 valence electrons. The average molecular weight is 205 g/mol. The minimum absolute atomic E-state index is 0.652. The van der Waals surface area contributed by atoms with Crippen molar-refractivity contribution in [2.75, 3.05) is 17.2 Å². The number of aryl methyl sites for hydroxylation is 1. The highest BCUT2D eigenvalue weighted by Crippen LogP contribution is 2.27. The molecule has 1 aromatic heterocycles. The van der Waals surface area contributed by atoms with Gasteiger partial charge in [-0.05, 0) is 31.7 Å². The summed E-state index contributed by atoms with van der Waals surface area (Å²) in [5, 5.41) is 0. The molecule has 2 heterocycles. The summed E-state index contributed by atoms with van der Waals surface area (Å²) in [7, 11) is 0. The van der Waals surface area contributed by atoms with Gasteiger partial charge in [0, 0.05) is 30.5 Å². The molecule has 0 amide bonds. The molecule has 1 aliphatic rings. The van der Waals surface area contributed by atoms with Crippen LogP contribution >= 0.6 is 0 Å². The number of anilines is 2. The number of pyridine rings is 1. The van der Waals surface area contributed by atoms with E-state index in [2.05, 4.69) is 16.8 Å². The first-order chi connectivity index (χ1) is 7.22. The van der Waals surface area contributed by atoms with Crippen LogP contribution in [-0.2, 0) is 0 Å². The third kappa shape index (κ3) is 1.91. The average Bonchev–Trinajstić information content (AvgIpc) is 2.70. The Hall–Kier alpha value is -1.25. The lowest BCUT2D eigenvalue weighted by molar-refractivity contribution is 0.640. The van der Waals surface area contributed by atoms with Crippen LogP contribution in [0.4, 0.5) is 11.5 Å². The molecule has 0 aliphatic carbocycles. The van der Waals surface area contributed by atoms with Gasteiger partial charge in [0.2, 0.25) is 0 Å². The van der Waals surface area contributed by atoms with Crippen LogP contribution in [0, 0.1) is 6.92 Å². The number of hydrogen-bond acceptors (Lipinski definition) is 3. The number of hydrogen-bond donors (Lipinski definition) is 1. The van der Waals surface area contributed by atoms with Gasteiger partial charge in [-0.2, -0.15) is 0 Å². The van der Waals surface area contributed by atoms with E-state index in [0.717, 1.165) is 23.6 Å². The maximum Gasteiger partial charge on any atom is 0.130 e. The smallest absolute Gasteiger partial charge is 0.130 e. The fraction of sp³-hybridized carbons (Fsp3) is 0.583. The lowest BCUT2D eigenvalue weighted by atomic mass is 10.1. The first-order valence-corrected chi connectivity index (χ1v) is 5.71. The molecule has 0 bridgehead atoms. The summed E-state index contributed by atoms with van der Waals surface area (Å²) in [6.07, 6.45) is 5.62. The Kier molecular flexibility index (Phi) is 2.80. The van der Waals surface area contributed by atoms with Gasteiger partial charge in [0.25, 0.3) is 0 Å². The minimum Gasteiger partial charge on any atom is -0.398 e. The molecule has 1 saturated heterocycles. The molecular formula is C12H19N3. The molecule has 0 radical (unpaired) electrons. The van der Waals surface area contributed by atoms with Gasteiger partial charge < -0.3 is 10.6 Å². The van der Waals surface area contributed by atoms with Gasteiger partial charge in [-0.15, -0.1) is 0 Å². The van der Waals surface area contributed by atoms with Crippen LogP contribution in [0.3, 0.4) is 0 Å². The Bertz CT molecular complexity index is 349. The predicted molar refractivity (Wildman–Crippen MR) is 64.0 cm³/mol. The number of aromatic nitrogens is 1. The van der Waals surface area contributed by atoms with Gasteiger partial charge in [0.15, 0.2) is 0 Å². The van der Waals surface area contributed by atoms with Crippen LogP contribution in [0.2, 0.25) is 0 Å². The van der Waals surface area contributed by atoms with Crippen LogP contribution in [0.25, 0.3) is 0 Å². The molecule has 0 aromatic carbocycles. The highest BCUT2D eigenvalue weighted by molar-refractivity contribution is 5.55. The van der Waals surface area contributed by atoms with E-state index in [1.807, 2.05) is 19.2 Å². The Morgan fingerprint density at radius 1 is 1.60 bits per heavy atom. The first-order valence-electron chi connectivity index (χ1n) is 5.71. The van der Waals surface area contributed by atoms with Gasteiger partial charge >= 0.3 is 0 Å². The molecule has 15 heavy (non-hydrogen) atoms. The van der Waals surface area contributed by atoms with E-state index in [1.54, 1.807) is 0 Å². The third-order valence-electron chi connectivity index (χ3n) is 3.27. The quantitative estimate of drug-likeness (QED) is 0.806. The van der Waals surface area contributed by atoms with Crippen molar-refractivity contribution in [3.63, 3.8) is 0 Å². The zero-order valence-corrected chi connectivity index (χ0v) is 9.53. The van der Waals surface area contributed by atoms with E-state index >= 15 is 0 Å². The second kappa shape index (κ2) is 4.09. The molecule has 3 nitrogen and oxygen atoms in total.